The molecule has 0 unspecified atom stereocenters. The number of nitriles is 4. The number of rotatable bonds is 0. The van der Waals surface area contributed by atoms with Crippen LogP contribution in [0.4, 0.5) is 0 Å². The molecule has 0 spiro atoms. The molecule has 0 saturated heterocycles. The zero-order chi connectivity index (χ0) is 21.5. The summed E-state index contributed by atoms with van der Waals surface area (Å²) in [5.41, 5.74) is 0.284. The maximum absolute atomic E-state index is 9.09. The lowest BCUT2D eigenvalue weighted by Gasteiger charge is -1.76. The molecule has 0 radical (unpaired) electrons. The fraction of sp³-hybridized carbons (Fsp3) is 0. The average molecular weight is 487 g/mol. The normalized spacial score (nSPS) is 12.8. The quantitative estimate of drug-likeness (QED) is 0.298. The lowest BCUT2D eigenvalue weighted by molar-refractivity contribution is 1.51. The smallest absolute Gasteiger partial charge is 0.146 e. The molecule has 5 rings (SSSR count). The highest BCUT2D eigenvalue weighted by Crippen LogP contribution is 2.42. The minimum absolute atomic E-state index is 0.142. The molecule has 0 aromatic carbocycles. The summed E-state index contributed by atoms with van der Waals surface area (Å²) >= 11 is 8.12. The van der Waals surface area contributed by atoms with E-state index < -0.39 is 0 Å². The first kappa shape index (κ1) is 19.7. The Hall–Kier alpha value is -3.28. The summed E-state index contributed by atoms with van der Waals surface area (Å²) in [6, 6.07) is 19.7. The predicted octanol–water partition coefficient (Wildman–Crippen LogP) is 5.27. The molecule has 9 heteroatoms. The monoisotopic (exact) mass is 486 g/mol. The summed E-state index contributed by atoms with van der Waals surface area (Å²) in [4.78, 5) is 0. The van der Waals surface area contributed by atoms with Crippen molar-refractivity contribution >= 4 is 86.6 Å². The summed E-state index contributed by atoms with van der Waals surface area (Å²) in [7, 11) is 0. The van der Waals surface area contributed by atoms with E-state index in [9.17, 15) is 0 Å². The third-order valence-electron chi connectivity index (χ3n) is 4.46. The van der Waals surface area contributed by atoms with Gasteiger partial charge in [0.05, 0.1) is 18.5 Å². The van der Waals surface area contributed by atoms with Gasteiger partial charge in [-0.25, -0.2) is 0 Å². The van der Waals surface area contributed by atoms with Crippen molar-refractivity contribution in [2.75, 3.05) is 0 Å². The van der Waals surface area contributed by atoms with Crippen molar-refractivity contribution in [3.8, 4) is 24.3 Å². The second-order valence-corrected chi connectivity index (χ2v) is 11.6. The minimum Gasteiger partial charge on any atom is -0.192 e. The number of fused-ring (bicyclic) bond motifs is 3. The van der Waals surface area contributed by atoms with Gasteiger partial charge in [-0.15, -0.1) is 56.7 Å². The van der Waals surface area contributed by atoms with Crippen LogP contribution in [0.1, 0.15) is 0 Å². The van der Waals surface area contributed by atoms with Gasteiger partial charge in [-0.3, -0.25) is 0 Å². The summed E-state index contributed by atoms with van der Waals surface area (Å²) in [6.07, 6.45) is 0. The molecule has 5 aromatic heterocycles. The second kappa shape index (κ2) is 7.76. The fourth-order valence-corrected chi connectivity index (χ4v) is 9.15. The van der Waals surface area contributed by atoms with Gasteiger partial charge in [0.2, 0.25) is 0 Å². The maximum Gasteiger partial charge on any atom is 0.146 e. The van der Waals surface area contributed by atoms with Crippen molar-refractivity contribution in [1.82, 2.24) is 0 Å². The third-order valence-corrected chi connectivity index (χ3v) is 10.8. The number of hydrogen-bond acceptors (Lipinski definition) is 9. The molecular weight excluding hydrogens is 481 g/mol. The van der Waals surface area contributed by atoms with Crippen LogP contribution in [0, 0.1) is 63.5 Å². The van der Waals surface area contributed by atoms with Gasteiger partial charge in [0.25, 0.3) is 0 Å². The van der Waals surface area contributed by atoms with Gasteiger partial charge in [-0.05, 0) is 36.4 Å². The van der Waals surface area contributed by atoms with Gasteiger partial charge in [0.15, 0.2) is 0 Å². The first-order valence-corrected chi connectivity index (χ1v) is 12.7. The Morgan fingerprint density at radius 2 is 0.935 bits per heavy atom. The van der Waals surface area contributed by atoms with Crippen molar-refractivity contribution in [3.05, 3.63) is 63.6 Å². The highest BCUT2D eigenvalue weighted by Gasteiger charge is 2.10. The molecule has 0 aliphatic heterocycles. The van der Waals surface area contributed by atoms with E-state index in [1.807, 2.05) is 48.5 Å². The van der Waals surface area contributed by atoms with Crippen LogP contribution in [0.2, 0.25) is 0 Å². The van der Waals surface area contributed by atoms with Crippen LogP contribution in [0.5, 0.6) is 0 Å². The molecule has 0 N–H and O–H groups in total. The molecule has 5 aromatic rings. The van der Waals surface area contributed by atoms with Gasteiger partial charge in [-0.1, -0.05) is 0 Å². The van der Waals surface area contributed by atoms with Crippen LogP contribution in [0.3, 0.4) is 0 Å². The van der Waals surface area contributed by atoms with E-state index >= 15 is 0 Å². The highest BCUT2D eigenvalue weighted by molar-refractivity contribution is 7.37. The second-order valence-electron chi connectivity index (χ2n) is 6.24. The van der Waals surface area contributed by atoms with E-state index in [0.717, 1.165) is 18.1 Å². The van der Waals surface area contributed by atoms with Crippen LogP contribution in [0.15, 0.2) is 36.4 Å². The van der Waals surface area contributed by atoms with E-state index in [0.29, 0.717) is 9.06 Å². The SMILES string of the molecule is N#CC(C#N)=c1cc/c(=c2\cc3sc4c/c(=c5/ccc(=C(C#N)C#N)s5)sc4c3s2)s1. The van der Waals surface area contributed by atoms with Crippen molar-refractivity contribution in [3.63, 3.8) is 0 Å². The maximum atomic E-state index is 9.09. The van der Waals surface area contributed by atoms with Gasteiger partial charge in [0.1, 0.15) is 35.4 Å². The molecule has 0 aliphatic carbocycles. The Bertz CT molecular complexity index is 1820. The van der Waals surface area contributed by atoms with Crippen LogP contribution in [-0.4, -0.2) is 0 Å². The molecule has 4 nitrogen and oxygen atoms in total. The molecule has 31 heavy (non-hydrogen) atoms. The van der Waals surface area contributed by atoms with Crippen LogP contribution in [-0.2, 0) is 0 Å². The standard InChI is InChI=1S/C22H6N4S5/c23-7-11(8-24)13-1-3-15(27-13)17-5-19-21(30-17)22-20(29-19)6-18(31-22)16-4-2-14(28-16)12(9-25)10-26/h1-6H/b17-15-,18-16+. The van der Waals surface area contributed by atoms with Crippen molar-refractivity contribution < 1.29 is 0 Å². The van der Waals surface area contributed by atoms with Crippen LogP contribution < -0.4 is 9.06 Å². The Kier molecular flexibility index (Phi) is 4.93. The van der Waals surface area contributed by atoms with Crippen molar-refractivity contribution in [1.29, 1.82) is 21.0 Å². The molecule has 0 aliphatic rings. The molecular formula is C22H6N4S5. The Morgan fingerprint density at radius 3 is 1.32 bits per heavy atom. The molecule has 0 atom stereocenters. The van der Waals surface area contributed by atoms with Gasteiger partial charge in [-0.2, -0.15) is 21.0 Å². The first-order chi connectivity index (χ1) is 15.1. The number of thiophene rings is 5. The Morgan fingerprint density at radius 1 is 0.516 bits per heavy atom. The lowest BCUT2D eigenvalue weighted by Crippen LogP contribution is -1.93. The predicted molar refractivity (Wildman–Crippen MR) is 128 cm³/mol. The van der Waals surface area contributed by atoms with Gasteiger partial charge >= 0.3 is 0 Å². The molecule has 0 fully saturated rings. The van der Waals surface area contributed by atoms with Gasteiger partial charge < -0.3 is 0 Å². The summed E-state index contributed by atoms with van der Waals surface area (Å²) < 4.78 is 10.7. The zero-order valence-corrected chi connectivity index (χ0v) is 19.4. The fourth-order valence-electron chi connectivity index (χ4n) is 3.06. The Balaban J connectivity index is 1.77. The molecule has 0 amide bonds. The van der Waals surface area contributed by atoms with E-state index in [-0.39, 0.29) is 11.1 Å². The zero-order valence-electron chi connectivity index (χ0n) is 15.3. The van der Waals surface area contributed by atoms with Crippen LogP contribution >= 0.6 is 56.7 Å². The van der Waals surface area contributed by atoms with E-state index in [1.54, 1.807) is 34.0 Å². The number of hydrogen-bond donors (Lipinski definition) is 0. The Labute approximate surface area is 194 Å². The third kappa shape index (κ3) is 3.26. The van der Waals surface area contributed by atoms with Crippen molar-refractivity contribution in [2.24, 2.45) is 0 Å². The van der Waals surface area contributed by atoms with Gasteiger partial charge in [0, 0.05) is 27.5 Å². The summed E-state index contributed by atoms with van der Waals surface area (Å²) in [5, 5.41) is 36.3. The summed E-state index contributed by atoms with van der Waals surface area (Å²) in [6.45, 7) is 0. The minimum atomic E-state index is 0.142. The van der Waals surface area contributed by atoms with Crippen LogP contribution in [0.25, 0.3) is 29.9 Å². The lowest BCUT2D eigenvalue weighted by atomic mass is 10.3. The molecule has 144 valence electrons. The molecule has 0 bridgehead atoms. The van der Waals surface area contributed by atoms with Crippen molar-refractivity contribution in [2.45, 2.75) is 0 Å². The topological polar surface area (TPSA) is 95.2 Å². The summed E-state index contributed by atoms with van der Waals surface area (Å²) in [5.74, 6) is 0. The highest BCUT2D eigenvalue weighted by atomic mass is 32.1. The first-order valence-electron chi connectivity index (χ1n) is 8.66. The molecule has 0 saturated carbocycles. The largest absolute Gasteiger partial charge is 0.192 e. The number of nitrogens with zero attached hydrogens (tertiary/aromatic N) is 4. The van der Waals surface area contributed by atoms with E-state index in [1.165, 1.54) is 41.5 Å². The van der Waals surface area contributed by atoms with E-state index in [4.69, 9.17) is 21.0 Å². The molecule has 5 heterocycles. The average Bonchev–Trinajstić information content (AvgIpc) is 3.56. The van der Waals surface area contributed by atoms with E-state index in [2.05, 4.69) is 12.1 Å².